The molecule has 1 atom stereocenters. The van der Waals surface area contributed by atoms with Crippen LogP contribution in [0.3, 0.4) is 0 Å². The van der Waals surface area contributed by atoms with Gasteiger partial charge in [0.05, 0.1) is 6.54 Å². The third-order valence-corrected chi connectivity index (χ3v) is 4.51. The second-order valence-electron chi connectivity index (χ2n) is 6.58. The van der Waals surface area contributed by atoms with Crippen LogP contribution in [-0.2, 0) is 6.18 Å². The Labute approximate surface area is 167 Å². The van der Waals surface area contributed by atoms with Gasteiger partial charge in [0.15, 0.2) is 11.6 Å². The minimum absolute atomic E-state index is 0.0139. The molecular formula is C19H14F4N4O3. The van der Waals surface area contributed by atoms with E-state index in [1.165, 1.54) is 24.5 Å². The Morgan fingerprint density at radius 1 is 1.20 bits per heavy atom. The van der Waals surface area contributed by atoms with Gasteiger partial charge in [-0.1, -0.05) is 5.16 Å². The Morgan fingerprint density at radius 3 is 2.63 bits per heavy atom. The van der Waals surface area contributed by atoms with Gasteiger partial charge in [-0.2, -0.15) is 18.2 Å². The molecule has 1 fully saturated rings. The number of alkyl halides is 3. The molecule has 7 nitrogen and oxygen atoms in total. The number of aromatic nitrogens is 3. The Morgan fingerprint density at radius 2 is 1.97 bits per heavy atom. The molecule has 11 heteroatoms. The number of amides is 1. The largest absolute Gasteiger partial charge is 0.485 e. The van der Waals surface area contributed by atoms with Crippen molar-refractivity contribution in [2.45, 2.75) is 18.7 Å². The maximum absolute atomic E-state index is 14.4. The molecule has 0 radical (unpaired) electrons. The summed E-state index contributed by atoms with van der Waals surface area (Å²) in [4.78, 5) is 21.1. The zero-order chi connectivity index (χ0) is 21.3. The van der Waals surface area contributed by atoms with Crippen LogP contribution in [0.15, 0.2) is 47.2 Å². The molecule has 1 aliphatic rings. The van der Waals surface area contributed by atoms with E-state index in [0.717, 1.165) is 6.07 Å². The summed E-state index contributed by atoms with van der Waals surface area (Å²) < 4.78 is 61.9. The molecule has 0 aliphatic carbocycles. The summed E-state index contributed by atoms with van der Waals surface area (Å²) >= 11 is 0. The summed E-state index contributed by atoms with van der Waals surface area (Å²) in [5.41, 5.74) is 0.513. The van der Waals surface area contributed by atoms with Crippen LogP contribution in [0.4, 0.5) is 17.6 Å². The molecule has 0 N–H and O–H groups in total. The summed E-state index contributed by atoms with van der Waals surface area (Å²) in [5.74, 6) is -2.94. The molecule has 1 aromatic carbocycles. The molecule has 1 aliphatic heterocycles. The van der Waals surface area contributed by atoms with E-state index >= 15 is 0 Å². The zero-order valence-electron chi connectivity index (χ0n) is 15.3. The van der Waals surface area contributed by atoms with Gasteiger partial charge >= 0.3 is 12.1 Å². The van der Waals surface area contributed by atoms with E-state index in [2.05, 4.69) is 19.6 Å². The molecule has 1 saturated heterocycles. The van der Waals surface area contributed by atoms with Crippen molar-refractivity contribution in [3.05, 3.63) is 60.0 Å². The van der Waals surface area contributed by atoms with Crippen LogP contribution in [0.25, 0.3) is 11.4 Å². The molecular weight excluding hydrogens is 408 g/mol. The molecule has 0 bridgehead atoms. The number of hydrogen-bond acceptors (Lipinski definition) is 6. The van der Waals surface area contributed by atoms with E-state index in [-0.39, 0.29) is 29.6 Å². The predicted molar refractivity (Wildman–Crippen MR) is 93.9 cm³/mol. The summed E-state index contributed by atoms with van der Waals surface area (Å²) in [6.07, 6.45) is -1.64. The molecule has 3 aromatic rings. The average Bonchev–Trinajstić information content (AvgIpc) is 3.39. The number of carbonyl (C=O) groups is 1. The van der Waals surface area contributed by atoms with Crippen LogP contribution in [0.2, 0.25) is 0 Å². The Hall–Kier alpha value is -3.50. The molecule has 4 rings (SSSR count). The molecule has 1 amide bonds. The number of benzene rings is 1. The smallest absolute Gasteiger partial charge is 0.471 e. The first kappa shape index (κ1) is 19.8. The van der Waals surface area contributed by atoms with Crippen LogP contribution in [0.1, 0.15) is 22.7 Å². The average molecular weight is 422 g/mol. The van der Waals surface area contributed by atoms with Gasteiger partial charge in [-0.25, -0.2) is 4.39 Å². The second kappa shape index (κ2) is 7.73. The number of carbonyl (C=O) groups excluding carboxylic acids is 1. The monoisotopic (exact) mass is 422 g/mol. The van der Waals surface area contributed by atoms with Gasteiger partial charge < -0.3 is 14.2 Å². The van der Waals surface area contributed by atoms with E-state index in [0.29, 0.717) is 18.5 Å². The molecule has 1 unspecified atom stereocenters. The summed E-state index contributed by atoms with van der Waals surface area (Å²) in [6.45, 7) is 0.733. The number of pyridine rings is 1. The van der Waals surface area contributed by atoms with Gasteiger partial charge in [-0.05, 0) is 30.3 Å². The van der Waals surface area contributed by atoms with Crippen molar-refractivity contribution in [1.29, 1.82) is 0 Å². The fourth-order valence-corrected chi connectivity index (χ4v) is 3.06. The van der Waals surface area contributed by atoms with Gasteiger partial charge in [0.1, 0.15) is 6.10 Å². The quantitative estimate of drug-likeness (QED) is 0.598. The van der Waals surface area contributed by atoms with Crippen molar-refractivity contribution >= 4 is 5.91 Å². The van der Waals surface area contributed by atoms with Crippen LogP contribution in [0, 0.1) is 5.82 Å². The standard InChI is InChI=1S/C19H14F4N4O3/c20-14-9-12(16-25-18(30-26-16)19(21,22)23)1-2-15(14)29-13-5-8-27(10-13)17(28)11-3-6-24-7-4-11/h1-4,6-7,9,13H,5,8,10H2. The highest BCUT2D eigenvalue weighted by atomic mass is 19.4. The van der Waals surface area contributed by atoms with Crippen LogP contribution in [-0.4, -0.2) is 45.1 Å². The SMILES string of the molecule is O=C(c1ccncc1)N1CCC(Oc2ccc(-c3noc(C(F)(F)F)n3)cc2F)C1. The minimum atomic E-state index is -4.78. The maximum atomic E-state index is 14.4. The van der Waals surface area contributed by atoms with Crippen molar-refractivity contribution in [3.8, 4) is 17.1 Å². The van der Waals surface area contributed by atoms with Crippen LogP contribution >= 0.6 is 0 Å². The minimum Gasteiger partial charge on any atom is -0.485 e. The van der Waals surface area contributed by atoms with E-state index in [1.807, 2.05) is 0 Å². The maximum Gasteiger partial charge on any atom is 0.471 e. The molecule has 2 aromatic heterocycles. The van der Waals surface area contributed by atoms with Crippen LogP contribution < -0.4 is 4.74 Å². The highest BCUT2D eigenvalue weighted by Gasteiger charge is 2.38. The number of hydrogen-bond donors (Lipinski definition) is 0. The summed E-state index contributed by atoms with van der Waals surface area (Å²) in [5, 5.41) is 3.22. The van der Waals surface area contributed by atoms with Gasteiger partial charge in [0, 0.05) is 36.5 Å². The summed E-state index contributed by atoms with van der Waals surface area (Å²) in [6, 6.07) is 6.79. The van der Waals surface area contributed by atoms with Crippen molar-refractivity contribution in [2.24, 2.45) is 0 Å². The van der Waals surface area contributed by atoms with Crippen molar-refractivity contribution in [1.82, 2.24) is 20.0 Å². The fourth-order valence-electron chi connectivity index (χ4n) is 3.06. The first-order valence-corrected chi connectivity index (χ1v) is 8.88. The third kappa shape index (κ3) is 4.09. The van der Waals surface area contributed by atoms with E-state index < -0.39 is 24.0 Å². The van der Waals surface area contributed by atoms with Gasteiger partial charge in [0.2, 0.25) is 5.82 Å². The van der Waals surface area contributed by atoms with Gasteiger partial charge in [-0.15, -0.1) is 0 Å². The van der Waals surface area contributed by atoms with E-state index in [9.17, 15) is 22.4 Å². The highest BCUT2D eigenvalue weighted by Crippen LogP contribution is 2.31. The lowest BCUT2D eigenvalue weighted by molar-refractivity contribution is -0.159. The molecule has 3 heterocycles. The van der Waals surface area contributed by atoms with Gasteiger partial charge in [0.25, 0.3) is 5.91 Å². The Kier molecular flexibility index (Phi) is 5.10. The number of halogens is 4. The highest BCUT2D eigenvalue weighted by molar-refractivity contribution is 5.94. The zero-order valence-corrected chi connectivity index (χ0v) is 15.3. The predicted octanol–water partition coefficient (Wildman–Crippen LogP) is 3.58. The van der Waals surface area contributed by atoms with Crippen molar-refractivity contribution in [2.75, 3.05) is 13.1 Å². The second-order valence-corrected chi connectivity index (χ2v) is 6.58. The third-order valence-electron chi connectivity index (χ3n) is 4.51. The lowest BCUT2D eigenvalue weighted by atomic mass is 10.2. The van der Waals surface area contributed by atoms with E-state index in [1.54, 1.807) is 17.0 Å². The first-order valence-electron chi connectivity index (χ1n) is 8.88. The molecule has 156 valence electrons. The topological polar surface area (TPSA) is 81.4 Å². The Balaban J connectivity index is 1.42. The van der Waals surface area contributed by atoms with Crippen LogP contribution in [0.5, 0.6) is 5.75 Å². The molecule has 0 spiro atoms. The van der Waals surface area contributed by atoms with Gasteiger partial charge in [-0.3, -0.25) is 9.78 Å². The summed E-state index contributed by atoms with van der Waals surface area (Å²) in [7, 11) is 0. The fraction of sp³-hybridized carbons (Fsp3) is 0.263. The normalized spacial score (nSPS) is 16.7. The van der Waals surface area contributed by atoms with Crippen molar-refractivity contribution in [3.63, 3.8) is 0 Å². The molecule has 30 heavy (non-hydrogen) atoms. The number of nitrogens with zero attached hydrogens (tertiary/aromatic N) is 4. The Bertz CT molecular complexity index is 1060. The lowest BCUT2D eigenvalue weighted by Gasteiger charge is -2.17. The lowest BCUT2D eigenvalue weighted by Crippen LogP contribution is -2.31. The number of ether oxygens (including phenoxy) is 1. The van der Waals surface area contributed by atoms with E-state index in [4.69, 9.17) is 4.74 Å². The number of likely N-dealkylation sites (tertiary alicyclic amines) is 1. The first-order chi connectivity index (χ1) is 14.3. The molecule has 0 saturated carbocycles. The van der Waals surface area contributed by atoms with Crippen molar-refractivity contribution < 1.29 is 31.6 Å². The number of rotatable bonds is 4.